The second-order valence-electron chi connectivity index (χ2n) is 6.00. The van der Waals surface area contributed by atoms with Gasteiger partial charge in [0.2, 0.25) is 0 Å². The molecule has 0 bridgehead atoms. The molecule has 1 saturated carbocycles. The Kier molecular flexibility index (Phi) is 4.57. The van der Waals surface area contributed by atoms with Crippen LogP contribution in [0.1, 0.15) is 63.5 Å². The topological polar surface area (TPSA) is 17.1 Å². The van der Waals surface area contributed by atoms with Gasteiger partial charge in [0.15, 0.2) is 5.78 Å². The summed E-state index contributed by atoms with van der Waals surface area (Å²) in [5.74, 6) is 1.58. The third kappa shape index (κ3) is 3.56. The molecule has 1 aromatic rings. The first-order chi connectivity index (χ1) is 9.08. The fourth-order valence-corrected chi connectivity index (χ4v) is 2.54. The van der Waals surface area contributed by atoms with E-state index in [0.29, 0.717) is 17.6 Å². The van der Waals surface area contributed by atoms with E-state index in [4.69, 9.17) is 0 Å². The van der Waals surface area contributed by atoms with Gasteiger partial charge in [0.25, 0.3) is 0 Å². The van der Waals surface area contributed by atoms with Crippen LogP contribution in [0.5, 0.6) is 0 Å². The molecule has 1 heteroatoms. The van der Waals surface area contributed by atoms with E-state index in [1.165, 1.54) is 5.56 Å². The highest BCUT2D eigenvalue weighted by atomic mass is 16.1. The van der Waals surface area contributed by atoms with Crippen LogP contribution < -0.4 is 0 Å². The monoisotopic (exact) mass is 256 g/mol. The zero-order valence-corrected chi connectivity index (χ0v) is 12.3. The van der Waals surface area contributed by atoms with E-state index in [1.54, 1.807) is 0 Å². The molecule has 1 nitrogen and oxygen atoms in total. The molecule has 1 aliphatic rings. The third-order valence-electron chi connectivity index (χ3n) is 4.26. The summed E-state index contributed by atoms with van der Waals surface area (Å²) in [5, 5.41) is 0. The number of benzene rings is 1. The lowest BCUT2D eigenvalue weighted by atomic mass is 9.89. The van der Waals surface area contributed by atoms with E-state index in [1.807, 2.05) is 0 Å². The van der Waals surface area contributed by atoms with Crippen molar-refractivity contribution in [3.63, 3.8) is 0 Å². The highest BCUT2D eigenvalue weighted by Gasteiger charge is 2.14. The zero-order valence-electron chi connectivity index (χ0n) is 12.3. The maximum Gasteiger partial charge on any atom is 0.158 e. The molecule has 1 unspecified atom stereocenters. The second-order valence-corrected chi connectivity index (χ2v) is 6.00. The van der Waals surface area contributed by atoms with E-state index in [-0.39, 0.29) is 0 Å². The SMILES string of the molecule is CC(C)C(C)c1ccc(/C=C2\CCCCC2=O)cc1. The third-order valence-corrected chi connectivity index (χ3v) is 4.26. The molecular formula is C18H24O. The van der Waals surface area contributed by atoms with Crippen LogP contribution in [-0.4, -0.2) is 5.78 Å². The first-order valence-corrected chi connectivity index (χ1v) is 7.41. The predicted molar refractivity (Wildman–Crippen MR) is 81.1 cm³/mol. The van der Waals surface area contributed by atoms with Crippen molar-refractivity contribution < 1.29 is 4.79 Å². The van der Waals surface area contributed by atoms with Crippen molar-refractivity contribution in [1.29, 1.82) is 0 Å². The van der Waals surface area contributed by atoms with Crippen molar-refractivity contribution >= 4 is 11.9 Å². The van der Waals surface area contributed by atoms with Crippen molar-refractivity contribution in [3.05, 3.63) is 41.0 Å². The molecule has 0 saturated heterocycles. The number of allylic oxidation sites excluding steroid dienone is 1. The van der Waals surface area contributed by atoms with Crippen molar-refractivity contribution in [2.24, 2.45) is 5.92 Å². The summed E-state index contributed by atoms with van der Waals surface area (Å²) in [7, 11) is 0. The number of rotatable bonds is 3. The predicted octanol–water partition coefficient (Wildman–Crippen LogP) is 4.97. The lowest BCUT2D eigenvalue weighted by Crippen LogP contribution is -2.08. The van der Waals surface area contributed by atoms with Crippen LogP contribution in [0.3, 0.4) is 0 Å². The average molecular weight is 256 g/mol. The molecule has 102 valence electrons. The van der Waals surface area contributed by atoms with Gasteiger partial charge in [0, 0.05) is 6.42 Å². The molecule has 2 rings (SSSR count). The Morgan fingerprint density at radius 1 is 1.00 bits per heavy atom. The number of ketones is 1. The van der Waals surface area contributed by atoms with Crippen LogP contribution in [-0.2, 0) is 4.79 Å². The fourth-order valence-electron chi connectivity index (χ4n) is 2.54. The maximum absolute atomic E-state index is 11.8. The van der Waals surface area contributed by atoms with Gasteiger partial charge in [0.05, 0.1) is 0 Å². The van der Waals surface area contributed by atoms with Gasteiger partial charge in [-0.2, -0.15) is 0 Å². The van der Waals surface area contributed by atoms with Crippen molar-refractivity contribution in [1.82, 2.24) is 0 Å². The quantitative estimate of drug-likeness (QED) is 0.698. The summed E-state index contributed by atoms with van der Waals surface area (Å²) in [6.07, 6.45) is 5.96. The number of carbonyl (C=O) groups is 1. The minimum atomic E-state index is 0.339. The molecule has 1 aromatic carbocycles. The normalized spacial score (nSPS) is 20.0. The van der Waals surface area contributed by atoms with Gasteiger partial charge in [-0.3, -0.25) is 4.79 Å². The number of carbonyl (C=O) groups excluding carboxylic acids is 1. The molecule has 0 spiro atoms. The molecule has 0 amide bonds. The summed E-state index contributed by atoms with van der Waals surface area (Å²) < 4.78 is 0. The zero-order chi connectivity index (χ0) is 13.8. The average Bonchev–Trinajstić information content (AvgIpc) is 2.41. The Bertz CT molecular complexity index is 465. The second kappa shape index (κ2) is 6.18. The van der Waals surface area contributed by atoms with Crippen LogP contribution in [0.25, 0.3) is 6.08 Å². The molecular weight excluding hydrogens is 232 g/mol. The first kappa shape index (κ1) is 14.0. The maximum atomic E-state index is 11.8. The Labute approximate surface area is 116 Å². The fraction of sp³-hybridized carbons (Fsp3) is 0.500. The molecule has 1 aliphatic carbocycles. The standard InChI is InChI=1S/C18H24O/c1-13(2)14(3)16-10-8-15(9-11-16)12-17-6-4-5-7-18(17)19/h8-14H,4-7H2,1-3H3/b17-12+. The Hall–Kier alpha value is -1.37. The summed E-state index contributed by atoms with van der Waals surface area (Å²) in [6, 6.07) is 8.68. The Balaban J connectivity index is 2.14. The van der Waals surface area contributed by atoms with Gasteiger partial charge in [-0.05, 0) is 53.9 Å². The van der Waals surface area contributed by atoms with E-state index in [9.17, 15) is 4.79 Å². The molecule has 19 heavy (non-hydrogen) atoms. The highest BCUT2D eigenvalue weighted by Crippen LogP contribution is 2.25. The first-order valence-electron chi connectivity index (χ1n) is 7.41. The van der Waals surface area contributed by atoms with E-state index >= 15 is 0 Å². The van der Waals surface area contributed by atoms with Gasteiger partial charge < -0.3 is 0 Å². The summed E-state index contributed by atoms with van der Waals surface area (Å²) in [4.78, 5) is 11.8. The van der Waals surface area contributed by atoms with Crippen LogP contribution in [0.2, 0.25) is 0 Å². The van der Waals surface area contributed by atoms with Gasteiger partial charge in [-0.25, -0.2) is 0 Å². The highest BCUT2D eigenvalue weighted by molar-refractivity contribution is 6.00. The summed E-state index contributed by atoms with van der Waals surface area (Å²) in [5.41, 5.74) is 3.55. The van der Waals surface area contributed by atoms with Crippen molar-refractivity contribution in [2.45, 2.75) is 52.4 Å². The van der Waals surface area contributed by atoms with Crippen molar-refractivity contribution in [3.8, 4) is 0 Å². The van der Waals surface area contributed by atoms with E-state index < -0.39 is 0 Å². The largest absolute Gasteiger partial charge is 0.295 e. The molecule has 0 aliphatic heterocycles. The van der Waals surface area contributed by atoms with Crippen LogP contribution in [0.15, 0.2) is 29.8 Å². The van der Waals surface area contributed by atoms with Gasteiger partial charge in [0.1, 0.15) is 0 Å². The lowest BCUT2D eigenvalue weighted by molar-refractivity contribution is -0.116. The number of hydrogen-bond donors (Lipinski definition) is 0. The van der Waals surface area contributed by atoms with Gasteiger partial charge >= 0.3 is 0 Å². The number of hydrogen-bond acceptors (Lipinski definition) is 1. The van der Waals surface area contributed by atoms with Gasteiger partial charge in [-0.1, -0.05) is 45.0 Å². The summed E-state index contributed by atoms with van der Waals surface area (Å²) in [6.45, 7) is 6.77. The molecule has 0 radical (unpaired) electrons. The lowest BCUT2D eigenvalue weighted by Gasteiger charge is -2.16. The van der Waals surface area contributed by atoms with Crippen LogP contribution >= 0.6 is 0 Å². The van der Waals surface area contributed by atoms with Gasteiger partial charge in [-0.15, -0.1) is 0 Å². The van der Waals surface area contributed by atoms with Crippen molar-refractivity contribution in [2.75, 3.05) is 0 Å². The molecule has 1 fully saturated rings. The Morgan fingerprint density at radius 2 is 1.63 bits per heavy atom. The molecule has 0 heterocycles. The Morgan fingerprint density at radius 3 is 2.21 bits per heavy atom. The minimum absolute atomic E-state index is 0.339. The van der Waals surface area contributed by atoms with E-state index in [2.05, 4.69) is 51.1 Å². The number of Topliss-reactive ketones (excluding diaryl/α,β-unsaturated/α-hetero) is 1. The molecule has 1 atom stereocenters. The van der Waals surface area contributed by atoms with E-state index in [0.717, 1.165) is 36.8 Å². The summed E-state index contributed by atoms with van der Waals surface area (Å²) >= 11 is 0. The molecule has 0 N–H and O–H groups in total. The molecule has 0 aromatic heterocycles. The smallest absolute Gasteiger partial charge is 0.158 e. The minimum Gasteiger partial charge on any atom is -0.295 e. The van der Waals surface area contributed by atoms with Crippen LogP contribution in [0.4, 0.5) is 0 Å². The van der Waals surface area contributed by atoms with Crippen LogP contribution in [0, 0.1) is 5.92 Å².